The molecule has 0 spiro atoms. The maximum absolute atomic E-state index is 12.0. The van der Waals surface area contributed by atoms with Gasteiger partial charge in [0, 0.05) is 5.02 Å². The van der Waals surface area contributed by atoms with Crippen molar-refractivity contribution in [2.24, 2.45) is 0 Å². The smallest absolute Gasteiger partial charge is 0.352 e. The summed E-state index contributed by atoms with van der Waals surface area (Å²) in [5.41, 5.74) is -0.0884. The van der Waals surface area contributed by atoms with E-state index in [0.29, 0.717) is 10.8 Å². The predicted molar refractivity (Wildman–Crippen MR) is 80.6 cm³/mol. The van der Waals surface area contributed by atoms with Gasteiger partial charge in [0.05, 0.1) is 0 Å². The van der Waals surface area contributed by atoms with Crippen molar-refractivity contribution in [3.63, 3.8) is 0 Å². The Balaban J connectivity index is 2.05. The van der Waals surface area contributed by atoms with E-state index in [-0.39, 0.29) is 11.3 Å². The van der Waals surface area contributed by atoms with E-state index in [2.05, 4.69) is 0 Å². The number of para-hydroxylation sites is 1. The van der Waals surface area contributed by atoms with Crippen LogP contribution in [0.5, 0.6) is 11.5 Å². The minimum Gasteiger partial charge on any atom is -0.479 e. The number of hydrogen-bond acceptors (Lipinski definition) is 4. The van der Waals surface area contributed by atoms with E-state index in [1.165, 1.54) is 19.1 Å². The minimum atomic E-state index is -1.17. The van der Waals surface area contributed by atoms with E-state index in [0.717, 1.165) is 0 Å². The number of ether oxygens (including phenoxy) is 2. The second-order valence-corrected chi connectivity index (χ2v) is 4.87. The lowest BCUT2D eigenvalue weighted by atomic mass is 10.2. The second kappa shape index (κ2) is 6.95. The Hall–Kier alpha value is -2.53. The Labute approximate surface area is 132 Å². The molecule has 114 valence electrons. The van der Waals surface area contributed by atoms with Crippen LogP contribution < -0.4 is 9.47 Å². The molecule has 0 saturated carbocycles. The molecule has 0 heterocycles. The van der Waals surface area contributed by atoms with Crippen LogP contribution >= 0.6 is 11.6 Å². The van der Waals surface area contributed by atoms with Gasteiger partial charge in [0.1, 0.15) is 17.1 Å². The Bertz CT molecular complexity index is 681. The zero-order valence-electron chi connectivity index (χ0n) is 11.7. The summed E-state index contributed by atoms with van der Waals surface area (Å²) in [5.74, 6) is -1.43. The highest BCUT2D eigenvalue weighted by atomic mass is 35.5. The maximum Gasteiger partial charge on any atom is 0.352 e. The van der Waals surface area contributed by atoms with Gasteiger partial charge in [-0.15, -0.1) is 0 Å². The summed E-state index contributed by atoms with van der Waals surface area (Å²) >= 11 is 5.76. The van der Waals surface area contributed by atoms with Crippen LogP contribution in [0, 0.1) is 0 Å². The highest BCUT2D eigenvalue weighted by Crippen LogP contribution is 2.20. The molecule has 0 fully saturated rings. The van der Waals surface area contributed by atoms with Crippen LogP contribution in [0.3, 0.4) is 0 Å². The summed E-state index contributed by atoms with van der Waals surface area (Å²) in [4.78, 5) is 23.1. The summed E-state index contributed by atoms with van der Waals surface area (Å²) in [7, 11) is 0. The second-order valence-electron chi connectivity index (χ2n) is 4.44. The topological polar surface area (TPSA) is 72.8 Å². The number of carboxylic acid groups (broad SMARTS) is 1. The van der Waals surface area contributed by atoms with Crippen molar-refractivity contribution in [1.29, 1.82) is 0 Å². The van der Waals surface area contributed by atoms with Crippen LogP contribution in [-0.2, 0) is 4.79 Å². The molecule has 6 heteroatoms. The molecule has 2 aromatic carbocycles. The first-order chi connectivity index (χ1) is 10.5. The predicted octanol–water partition coefficient (Wildman–Crippen LogP) is 3.41. The van der Waals surface area contributed by atoms with Gasteiger partial charge < -0.3 is 14.6 Å². The van der Waals surface area contributed by atoms with Crippen molar-refractivity contribution in [2.75, 3.05) is 0 Å². The Morgan fingerprint density at radius 1 is 1.09 bits per heavy atom. The molecule has 0 radical (unpaired) electrons. The zero-order chi connectivity index (χ0) is 16.1. The average Bonchev–Trinajstić information content (AvgIpc) is 2.49. The third-order valence-corrected chi connectivity index (χ3v) is 3.04. The number of carbonyl (C=O) groups is 2. The van der Waals surface area contributed by atoms with Gasteiger partial charge in [-0.25, -0.2) is 9.59 Å². The number of rotatable bonds is 5. The molecule has 1 unspecified atom stereocenters. The van der Waals surface area contributed by atoms with Crippen LogP contribution in [0.1, 0.15) is 17.3 Å². The van der Waals surface area contributed by atoms with E-state index in [1.807, 2.05) is 0 Å². The van der Waals surface area contributed by atoms with Crippen molar-refractivity contribution in [1.82, 2.24) is 0 Å². The van der Waals surface area contributed by atoms with Gasteiger partial charge in [-0.3, -0.25) is 0 Å². The lowest BCUT2D eigenvalue weighted by Crippen LogP contribution is -2.28. The Kier molecular flexibility index (Phi) is 5.01. The molecule has 0 aliphatic rings. The van der Waals surface area contributed by atoms with Crippen LogP contribution in [0.2, 0.25) is 5.02 Å². The van der Waals surface area contributed by atoms with Crippen LogP contribution in [0.15, 0.2) is 48.5 Å². The molecule has 5 nitrogen and oxygen atoms in total. The molecule has 0 aromatic heterocycles. The summed E-state index contributed by atoms with van der Waals surface area (Å²) in [5, 5.41) is 9.60. The maximum atomic E-state index is 12.0. The van der Waals surface area contributed by atoms with E-state index >= 15 is 0 Å². The lowest BCUT2D eigenvalue weighted by molar-refractivity contribution is -0.141. The third-order valence-electron chi connectivity index (χ3n) is 2.79. The molecular formula is C16H13ClO5. The van der Waals surface area contributed by atoms with E-state index in [4.69, 9.17) is 26.2 Å². The first kappa shape index (κ1) is 15.9. The number of halogens is 1. The van der Waals surface area contributed by atoms with Gasteiger partial charge in [-0.05, 0) is 43.3 Å². The molecule has 0 amide bonds. The molecule has 1 atom stereocenters. The van der Waals surface area contributed by atoms with E-state index < -0.39 is 18.0 Å². The van der Waals surface area contributed by atoms with Gasteiger partial charge in [-0.2, -0.15) is 0 Å². The number of carbonyl (C=O) groups excluding carboxylic acids is 1. The summed E-state index contributed by atoms with van der Waals surface area (Å²) in [6.45, 7) is 1.51. The van der Waals surface area contributed by atoms with Gasteiger partial charge in [-0.1, -0.05) is 23.7 Å². The van der Waals surface area contributed by atoms with Gasteiger partial charge in [0.25, 0.3) is 0 Å². The monoisotopic (exact) mass is 320 g/mol. The minimum absolute atomic E-state index is 0.0217. The number of aromatic carboxylic acids is 1. The van der Waals surface area contributed by atoms with Gasteiger partial charge in [0.15, 0.2) is 6.10 Å². The quantitative estimate of drug-likeness (QED) is 0.675. The third kappa shape index (κ3) is 3.99. The first-order valence-electron chi connectivity index (χ1n) is 6.43. The van der Waals surface area contributed by atoms with Crippen molar-refractivity contribution in [3.8, 4) is 11.5 Å². The van der Waals surface area contributed by atoms with Gasteiger partial charge >= 0.3 is 11.9 Å². The van der Waals surface area contributed by atoms with Gasteiger partial charge in [0.2, 0.25) is 0 Å². The van der Waals surface area contributed by atoms with E-state index in [1.54, 1.807) is 36.4 Å². The molecule has 0 bridgehead atoms. The highest BCUT2D eigenvalue weighted by Gasteiger charge is 2.20. The summed E-state index contributed by atoms with van der Waals surface area (Å²) in [6, 6.07) is 12.4. The lowest BCUT2D eigenvalue weighted by Gasteiger charge is -2.14. The Morgan fingerprint density at radius 2 is 1.73 bits per heavy atom. The van der Waals surface area contributed by atoms with Crippen molar-refractivity contribution in [3.05, 3.63) is 59.1 Å². The molecular weight excluding hydrogens is 308 g/mol. The molecule has 1 N–H and O–H groups in total. The fourth-order valence-electron chi connectivity index (χ4n) is 1.69. The largest absolute Gasteiger partial charge is 0.479 e. The van der Waals surface area contributed by atoms with Crippen LogP contribution in [0.4, 0.5) is 0 Å². The molecule has 0 saturated heterocycles. The standard InChI is InChI=1S/C16H13ClO5/c1-10(21-12-8-6-11(17)7-9-12)16(20)22-14-5-3-2-4-13(14)15(18)19/h2-10H,1H3,(H,18,19). The first-order valence-corrected chi connectivity index (χ1v) is 6.81. The summed E-state index contributed by atoms with van der Waals surface area (Å²) in [6.07, 6.45) is -0.900. The zero-order valence-corrected chi connectivity index (χ0v) is 12.4. The molecule has 0 aliphatic carbocycles. The number of benzene rings is 2. The summed E-state index contributed by atoms with van der Waals surface area (Å²) < 4.78 is 10.5. The number of esters is 1. The van der Waals surface area contributed by atoms with Crippen molar-refractivity contribution in [2.45, 2.75) is 13.0 Å². The fraction of sp³-hybridized carbons (Fsp3) is 0.125. The van der Waals surface area contributed by atoms with E-state index in [9.17, 15) is 9.59 Å². The van der Waals surface area contributed by atoms with Crippen molar-refractivity contribution < 1.29 is 24.2 Å². The molecule has 0 aliphatic heterocycles. The Morgan fingerprint density at radius 3 is 2.36 bits per heavy atom. The average molecular weight is 321 g/mol. The highest BCUT2D eigenvalue weighted by molar-refractivity contribution is 6.30. The van der Waals surface area contributed by atoms with Crippen LogP contribution in [-0.4, -0.2) is 23.1 Å². The number of carboxylic acids is 1. The number of hydrogen-bond donors (Lipinski definition) is 1. The van der Waals surface area contributed by atoms with Crippen molar-refractivity contribution >= 4 is 23.5 Å². The molecule has 2 aromatic rings. The SMILES string of the molecule is CC(Oc1ccc(Cl)cc1)C(=O)Oc1ccccc1C(=O)O. The molecule has 22 heavy (non-hydrogen) atoms. The normalized spacial score (nSPS) is 11.5. The van der Waals surface area contributed by atoms with Crippen LogP contribution in [0.25, 0.3) is 0 Å². The fourth-order valence-corrected chi connectivity index (χ4v) is 1.82. The molecule has 2 rings (SSSR count).